The van der Waals surface area contributed by atoms with Crippen LogP contribution in [0.15, 0.2) is 42.7 Å². The Labute approximate surface area is 148 Å². The van der Waals surface area contributed by atoms with Gasteiger partial charge in [0.05, 0.1) is 0 Å². The first-order valence-corrected chi connectivity index (χ1v) is 7.94. The molecule has 0 aliphatic heterocycles. The first kappa shape index (κ1) is 19.9. The van der Waals surface area contributed by atoms with Crippen molar-refractivity contribution in [3.63, 3.8) is 0 Å². The number of H-pyrrole nitrogens is 1. The molecule has 24 heavy (non-hydrogen) atoms. The number of amides is 1. The minimum Gasteiger partial charge on any atom is -0.367 e. The number of nitrogens with one attached hydrogen (secondary N) is 2. The van der Waals surface area contributed by atoms with Crippen molar-refractivity contribution < 1.29 is 9.59 Å². The van der Waals surface area contributed by atoms with Crippen molar-refractivity contribution in [2.75, 3.05) is 6.54 Å². The average Bonchev–Trinajstić information content (AvgIpc) is 3.12. The average molecular weight is 350 g/mol. The number of aromatic nitrogens is 1. The molecule has 0 spiro atoms. The molecule has 0 saturated heterocycles. The van der Waals surface area contributed by atoms with Crippen molar-refractivity contribution in [1.82, 2.24) is 10.3 Å². The number of halogens is 1. The maximum absolute atomic E-state index is 12.2. The van der Waals surface area contributed by atoms with Gasteiger partial charge in [0.1, 0.15) is 0 Å². The molecule has 2 aromatic rings. The van der Waals surface area contributed by atoms with Gasteiger partial charge in [-0.1, -0.05) is 31.9 Å². The fourth-order valence-corrected chi connectivity index (χ4v) is 2.37. The van der Waals surface area contributed by atoms with Crippen LogP contribution in [-0.2, 0) is 0 Å². The summed E-state index contributed by atoms with van der Waals surface area (Å²) in [5.41, 5.74) is 7.39. The van der Waals surface area contributed by atoms with Gasteiger partial charge < -0.3 is 16.0 Å². The van der Waals surface area contributed by atoms with Crippen LogP contribution >= 0.6 is 12.4 Å². The normalized spacial score (nSPS) is 11.4. The summed E-state index contributed by atoms with van der Waals surface area (Å²) < 4.78 is 0. The SMILES string of the molecule is CCCCC(CN)NC(=O)c1ccc(C(=O)c2cc[nH]c2)cc1.Cl. The Balaban J connectivity index is 0.00000288. The monoisotopic (exact) mass is 349 g/mol. The van der Waals surface area contributed by atoms with Crippen molar-refractivity contribution in [2.24, 2.45) is 5.73 Å². The predicted octanol–water partition coefficient (Wildman–Crippen LogP) is 2.91. The zero-order valence-electron chi connectivity index (χ0n) is 13.7. The van der Waals surface area contributed by atoms with Crippen molar-refractivity contribution in [1.29, 1.82) is 0 Å². The molecule has 1 unspecified atom stereocenters. The van der Waals surface area contributed by atoms with Crippen molar-refractivity contribution in [3.05, 3.63) is 59.4 Å². The van der Waals surface area contributed by atoms with E-state index in [1.165, 1.54) is 0 Å². The summed E-state index contributed by atoms with van der Waals surface area (Å²) >= 11 is 0. The summed E-state index contributed by atoms with van der Waals surface area (Å²) in [6.07, 6.45) is 6.35. The molecule has 1 amide bonds. The van der Waals surface area contributed by atoms with Crippen molar-refractivity contribution in [3.8, 4) is 0 Å². The lowest BCUT2D eigenvalue weighted by molar-refractivity contribution is 0.0934. The molecule has 0 aliphatic carbocycles. The fraction of sp³-hybridized carbons (Fsp3) is 0.333. The van der Waals surface area contributed by atoms with Gasteiger partial charge in [0, 0.05) is 41.7 Å². The lowest BCUT2D eigenvalue weighted by Gasteiger charge is -2.16. The molecule has 1 aromatic heterocycles. The molecule has 0 saturated carbocycles. The van der Waals surface area contributed by atoms with Crippen LogP contribution in [0.4, 0.5) is 0 Å². The first-order valence-electron chi connectivity index (χ1n) is 7.94. The van der Waals surface area contributed by atoms with E-state index in [4.69, 9.17) is 5.73 Å². The Kier molecular flexibility index (Phi) is 8.22. The van der Waals surface area contributed by atoms with Crippen LogP contribution in [0.25, 0.3) is 0 Å². The highest BCUT2D eigenvalue weighted by molar-refractivity contribution is 6.09. The van der Waals surface area contributed by atoms with E-state index in [-0.39, 0.29) is 30.1 Å². The molecular weight excluding hydrogens is 326 g/mol. The highest BCUT2D eigenvalue weighted by atomic mass is 35.5. The van der Waals surface area contributed by atoms with Crippen LogP contribution in [-0.4, -0.2) is 29.3 Å². The van der Waals surface area contributed by atoms with E-state index in [0.717, 1.165) is 19.3 Å². The number of unbranched alkanes of at least 4 members (excludes halogenated alkanes) is 1. The van der Waals surface area contributed by atoms with E-state index >= 15 is 0 Å². The van der Waals surface area contributed by atoms with E-state index < -0.39 is 0 Å². The smallest absolute Gasteiger partial charge is 0.251 e. The summed E-state index contributed by atoms with van der Waals surface area (Å²) in [4.78, 5) is 27.3. The van der Waals surface area contributed by atoms with E-state index in [0.29, 0.717) is 23.2 Å². The molecule has 130 valence electrons. The van der Waals surface area contributed by atoms with E-state index in [1.807, 2.05) is 0 Å². The van der Waals surface area contributed by atoms with Gasteiger partial charge in [-0.3, -0.25) is 9.59 Å². The van der Waals surface area contributed by atoms with Crippen LogP contribution < -0.4 is 11.1 Å². The number of rotatable bonds is 8. The van der Waals surface area contributed by atoms with Gasteiger partial charge >= 0.3 is 0 Å². The number of benzene rings is 1. The van der Waals surface area contributed by atoms with Gasteiger partial charge in [-0.2, -0.15) is 0 Å². The molecule has 0 bridgehead atoms. The minimum absolute atomic E-state index is 0. The summed E-state index contributed by atoms with van der Waals surface area (Å²) in [5.74, 6) is -0.224. The Hall–Kier alpha value is -2.11. The quantitative estimate of drug-likeness (QED) is 0.640. The Bertz CT molecular complexity index is 639. The minimum atomic E-state index is -0.155. The van der Waals surface area contributed by atoms with Crippen LogP contribution in [0.3, 0.4) is 0 Å². The largest absolute Gasteiger partial charge is 0.367 e. The van der Waals surface area contributed by atoms with Gasteiger partial charge in [-0.25, -0.2) is 0 Å². The second-order valence-electron chi connectivity index (χ2n) is 5.55. The predicted molar refractivity (Wildman–Crippen MR) is 97.7 cm³/mol. The summed E-state index contributed by atoms with van der Waals surface area (Å²) in [7, 11) is 0. The molecule has 1 aromatic carbocycles. The lowest BCUT2D eigenvalue weighted by Crippen LogP contribution is -2.40. The number of hydrogen-bond donors (Lipinski definition) is 3. The van der Waals surface area contributed by atoms with E-state index in [2.05, 4.69) is 17.2 Å². The highest BCUT2D eigenvalue weighted by Crippen LogP contribution is 2.11. The second kappa shape index (κ2) is 9.90. The molecule has 0 aliphatic rings. The third kappa shape index (κ3) is 5.22. The molecule has 2 rings (SSSR count). The zero-order valence-corrected chi connectivity index (χ0v) is 14.6. The fourth-order valence-electron chi connectivity index (χ4n) is 2.37. The summed E-state index contributed by atoms with van der Waals surface area (Å²) in [6.45, 7) is 2.53. The molecular formula is C18H24ClN3O2. The maximum atomic E-state index is 12.2. The third-order valence-corrected chi connectivity index (χ3v) is 3.80. The zero-order chi connectivity index (χ0) is 16.7. The number of carbonyl (C=O) groups is 2. The first-order chi connectivity index (χ1) is 11.2. The Morgan fingerprint density at radius 2 is 1.79 bits per heavy atom. The number of carbonyl (C=O) groups excluding carboxylic acids is 2. The number of aromatic amines is 1. The standard InChI is InChI=1S/C18H23N3O2.ClH/c1-2-3-4-16(11-19)21-18(23)14-7-5-13(6-8-14)17(22)15-9-10-20-12-15;/h5-10,12,16,20H,2-4,11,19H2,1H3,(H,21,23);1H. The molecule has 5 nitrogen and oxygen atoms in total. The van der Waals surface area contributed by atoms with E-state index in [9.17, 15) is 9.59 Å². The van der Waals surface area contributed by atoms with Crippen molar-refractivity contribution >= 4 is 24.1 Å². The van der Waals surface area contributed by atoms with Gasteiger partial charge in [0.25, 0.3) is 5.91 Å². The van der Waals surface area contributed by atoms with Crippen LogP contribution in [0.2, 0.25) is 0 Å². The Morgan fingerprint density at radius 1 is 1.12 bits per heavy atom. The second-order valence-corrected chi connectivity index (χ2v) is 5.55. The molecule has 0 fully saturated rings. The van der Waals surface area contributed by atoms with Gasteiger partial charge in [-0.05, 0) is 24.6 Å². The summed E-state index contributed by atoms with van der Waals surface area (Å²) in [5, 5.41) is 2.94. The van der Waals surface area contributed by atoms with Crippen LogP contribution in [0.1, 0.15) is 52.5 Å². The highest BCUT2D eigenvalue weighted by Gasteiger charge is 2.14. The number of ketones is 1. The molecule has 1 atom stereocenters. The maximum Gasteiger partial charge on any atom is 0.251 e. The molecule has 1 heterocycles. The van der Waals surface area contributed by atoms with Gasteiger partial charge in [0.2, 0.25) is 0 Å². The van der Waals surface area contributed by atoms with Gasteiger partial charge in [-0.15, -0.1) is 12.4 Å². The molecule has 0 radical (unpaired) electrons. The number of nitrogens with two attached hydrogens (primary N) is 1. The third-order valence-electron chi connectivity index (χ3n) is 3.80. The Morgan fingerprint density at radius 3 is 2.33 bits per heavy atom. The van der Waals surface area contributed by atoms with Crippen LogP contribution in [0.5, 0.6) is 0 Å². The molecule has 6 heteroatoms. The van der Waals surface area contributed by atoms with Crippen LogP contribution in [0, 0.1) is 0 Å². The van der Waals surface area contributed by atoms with Gasteiger partial charge in [0.15, 0.2) is 5.78 Å². The number of hydrogen-bond acceptors (Lipinski definition) is 3. The summed E-state index contributed by atoms with van der Waals surface area (Å²) in [6, 6.07) is 8.40. The molecule has 4 N–H and O–H groups in total. The van der Waals surface area contributed by atoms with E-state index in [1.54, 1.807) is 42.7 Å². The lowest BCUT2D eigenvalue weighted by atomic mass is 10.0. The van der Waals surface area contributed by atoms with Crippen molar-refractivity contribution in [2.45, 2.75) is 32.2 Å². The topological polar surface area (TPSA) is 88.0 Å².